The van der Waals surface area contributed by atoms with Crippen molar-refractivity contribution in [1.29, 1.82) is 0 Å². The summed E-state index contributed by atoms with van der Waals surface area (Å²) in [4.78, 5) is 65.9. The van der Waals surface area contributed by atoms with Crippen LogP contribution in [0.25, 0.3) is 0 Å². The number of benzene rings is 1. The van der Waals surface area contributed by atoms with Gasteiger partial charge < -0.3 is 41.2 Å². The first-order chi connectivity index (χ1) is 21.1. The highest BCUT2D eigenvalue weighted by atomic mass is 32.1. The summed E-state index contributed by atoms with van der Waals surface area (Å²) in [5.74, 6) is -1.96. The predicted molar refractivity (Wildman–Crippen MR) is 167 cm³/mol. The third kappa shape index (κ3) is 13.4. The maximum absolute atomic E-state index is 12.5. The number of amides is 5. The van der Waals surface area contributed by atoms with E-state index in [2.05, 4.69) is 38.1 Å². The summed E-state index contributed by atoms with van der Waals surface area (Å²) in [6.07, 6.45) is -2.09. The van der Waals surface area contributed by atoms with E-state index in [1.165, 1.54) is 32.1 Å². The number of thiazole rings is 1. The van der Waals surface area contributed by atoms with Crippen molar-refractivity contribution in [3.8, 4) is 0 Å². The number of carbonyl (C=O) groups is 5. The van der Waals surface area contributed by atoms with E-state index >= 15 is 0 Å². The SMILES string of the molecule is C=C(NC(=O)[C@H](C)NC(=O)OC(C)(C)C)C(=O)N[C@@H](C)C(=O)NCCc1csc([C@@H](NC(=O)OCc2ccccc2)[C@@H](C)O)n1. The minimum atomic E-state index is -1.02. The topological polar surface area (TPSA) is 197 Å². The number of aliphatic hydroxyl groups is 1. The molecule has 0 saturated heterocycles. The Bertz CT molecular complexity index is 1340. The first kappa shape index (κ1) is 36.7. The summed E-state index contributed by atoms with van der Waals surface area (Å²) in [7, 11) is 0. The van der Waals surface area contributed by atoms with Crippen molar-refractivity contribution < 1.29 is 38.6 Å². The Morgan fingerprint density at radius 2 is 1.60 bits per heavy atom. The molecule has 6 N–H and O–H groups in total. The van der Waals surface area contributed by atoms with Crippen LogP contribution in [0.1, 0.15) is 63.8 Å². The minimum absolute atomic E-state index is 0.0795. The van der Waals surface area contributed by atoms with Gasteiger partial charge in [0.25, 0.3) is 5.91 Å². The number of nitrogens with one attached hydrogen (secondary N) is 5. The Hall–Kier alpha value is -4.50. The molecule has 15 heteroatoms. The van der Waals surface area contributed by atoms with Crippen molar-refractivity contribution >= 4 is 41.2 Å². The molecule has 1 aromatic carbocycles. The van der Waals surface area contributed by atoms with Crippen LogP contribution in [0.4, 0.5) is 9.59 Å². The fraction of sp³-hybridized carbons (Fsp3) is 0.467. The molecule has 14 nitrogen and oxygen atoms in total. The fourth-order valence-corrected chi connectivity index (χ4v) is 4.54. The molecule has 246 valence electrons. The van der Waals surface area contributed by atoms with E-state index in [1.807, 2.05) is 30.3 Å². The van der Waals surface area contributed by atoms with Crippen molar-refractivity contribution in [3.63, 3.8) is 0 Å². The van der Waals surface area contributed by atoms with Crippen molar-refractivity contribution in [2.45, 2.75) is 84.4 Å². The second-order valence-corrected chi connectivity index (χ2v) is 12.1. The molecule has 5 amide bonds. The molecule has 1 heterocycles. The fourth-order valence-electron chi connectivity index (χ4n) is 3.54. The zero-order valence-corrected chi connectivity index (χ0v) is 27.1. The molecule has 0 aliphatic rings. The van der Waals surface area contributed by atoms with Crippen LogP contribution in [-0.4, -0.2) is 70.3 Å². The van der Waals surface area contributed by atoms with Crippen LogP contribution >= 0.6 is 11.3 Å². The van der Waals surface area contributed by atoms with E-state index in [4.69, 9.17) is 9.47 Å². The smallest absolute Gasteiger partial charge is 0.408 e. The van der Waals surface area contributed by atoms with E-state index < -0.39 is 59.7 Å². The first-order valence-corrected chi connectivity index (χ1v) is 15.1. The summed E-state index contributed by atoms with van der Waals surface area (Å²) in [5, 5.41) is 24.9. The molecule has 0 aliphatic carbocycles. The maximum atomic E-state index is 12.5. The average Bonchev–Trinajstić information content (AvgIpc) is 3.42. The summed E-state index contributed by atoms with van der Waals surface area (Å²) >= 11 is 1.25. The second kappa shape index (κ2) is 17.1. The van der Waals surface area contributed by atoms with Gasteiger partial charge in [-0.05, 0) is 47.1 Å². The molecule has 0 saturated carbocycles. The summed E-state index contributed by atoms with van der Waals surface area (Å²) < 4.78 is 10.3. The Balaban J connectivity index is 1.77. The highest BCUT2D eigenvalue weighted by molar-refractivity contribution is 7.09. The molecule has 0 aliphatic heterocycles. The van der Waals surface area contributed by atoms with E-state index in [9.17, 15) is 29.1 Å². The van der Waals surface area contributed by atoms with E-state index in [1.54, 1.807) is 26.2 Å². The standard InChI is InChI=1S/C30H42N6O8S/c1-17(32-25(39)18(2)33-26(40)19(3)34-29(42)44-30(5,6)7)24(38)31-14-13-22-16-45-27(35-22)23(20(4)37)36-28(41)43-15-21-11-9-8-10-12-21/h8-12,16-17,19-20,23,37H,2,13-15H2,1,3-7H3,(H,31,38)(H,32,39)(H,33,40)(H,34,42)(H,36,41)/t17-,19-,20+,23-/m0/s1. The van der Waals surface area contributed by atoms with E-state index in [-0.39, 0.29) is 18.8 Å². The van der Waals surface area contributed by atoms with Gasteiger partial charge in [-0.3, -0.25) is 14.4 Å². The molecule has 0 radical (unpaired) electrons. The van der Waals surface area contributed by atoms with E-state index in [0.717, 1.165) is 5.56 Å². The zero-order valence-electron chi connectivity index (χ0n) is 26.3. The number of aliphatic hydroxyl groups excluding tert-OH is 1. The summed E-state index contributed by atoms with van der Waals surface area (Å²) in [6, 6.07) is 6.42. The molecule has 0 fully saturated rings. The molecule has 4 atom stereocenters. The lowest BCUT2D eigenvalue weighted by Gasteiger charge is -2.22. The third-order valence-electron chi connectivity index (χ3n) is 5.90. The van der Waals surface area contributed by atoms with Crippen molar-refractivity contribution in [1.82, 2.24) is 31.6 Å². The number of hydrogen-bond donors (Lipinski definition) is 6. The quantitative estimate of drug-likeness (QED) is 0.167. The van der Waals surface area contributed by atoms with Crippen LogP contribution in [0.5, 0.6) is 0 Å². The zero-order chi connectivity index (χ0) is 33.7. The van der Waals surface area contributed by atoms with Gasteiger partial charge in [-0.15, -0.1) is 11.3 Å². The molecule has 0 unspecified atom stereocenters. The van der Waals surface area contributed by atoms with Gasteiger partial charge >= 0.3 is 12.2 Å². The molecule has 0 spiro atoms. The average molecular weight is 647 g/mol. The van der Waals surface area contributed by atoms with Crippen LogP contribution < -0.4 is 26.6 Å². The molecular formula is C30H42N6O8S. The van der Waals surface area contributed by atoms with Gasteiger partial charge in [-0.2, -0.15) is 0 Å². The number of aromatic nitrogens is 1. The number of alkyl carbamates (subject to hydrolysis) is 2. The highest BCUT2D eigenvalue weighted by Crippen LogP contribution is 2.22. The number of nitrogens with zero attached hydrogens (tertiary/aromatic N) is 1. The molecule has 2 rings (SSSR count). The number of rotatable bonds is 14. The molecule has 0 bridgehead atoms. The van der Waals surface area contributed by atoms with Gasteiger partial charge in [0.15, 0.2) is 0 Å². The van der Waals surface area contributed by atoms with Gasteiger partial charge in [0.2, 0.25) is 11.8 Å². The maximum Gasteiger partial charge on any atom is 0.408 e. The Morgan fingerprint density at radius 1 is 0.956 bits per heavy atom. The van der Waals surface area contributed by atoms with Crippen LogP contribution in [0.3, 0.4) is 0 Å². The van der Waals surface area contributed by atoms with Crippen molar-refractivity contribution in [3.05, 3.63) is 64.3 Å². The predicted octanol–water partition coefficient (Wildman–Crippen LogP) is 2.20. The molecule has 2 aromatic rings. The van der Waals surface area contributed by atoms with Gasteiger partial charge in [-0.1, -0.05) is 36.9 Å². The summed E-state index contributed by atoms with van der Waals surface area (Å²) in [5.41, 5.74) is 0.396. The van der Waals surface area contributed by atoms with Crippen molar-refractivity contribution in [2.24, 2.45) is 0 Å². The Labute approximate surface area is 266 Å². The molecular weight excluding hydrogens is 604 g/mol. The van der Waals surface area contributed by atoms with Gasteiger partial charge in [0, 0.05) is 18.3 Å². The van der Waals surface area contributed by atoms with Gasteiger partial charge in [0.1, 0.15) is 35.3 Å². The third-order valence-corrected chi connectivity index (χ3v) is 6.88. The van der Waals surface area contributed by atoms with Gasteiger partial charge in [-0.25, -0.2) is 14.6 Å². The summed E-state index contributed by atoms with van der Waals surface area (Å²) in [6.45, 7) is 13.2. The lowest BCUT2D eigenvalue weighted by atomic mass is 10.2. The lowest BCUT2D eigenvalue weighted by molar-refractivity contribution is -0.128. The van der Waals surface area contributed by atoms with Gasteiger partial charge in [0.05, 0.1) is 17.5 Å². The molecule has 45 heavy (non-hydrogen) atoms. The number of carbonyl (C=O) groups excluding carboxylic acids is 5. The first-order valence-electron chi connectivity index (χ1n) is 14.2. The van der Waals surface area contributed by atoms with Crippen molar-refractivity contribution in [2.75, 3.05) is 6.54 Å². The Morgan fingerprint density at radius 3 is 2.22 bits per heavy atom. The highest BCUT2D eigenvalue weighted by Gasteiger charge is 2.25. The van der Waals surface area contributed by atoms with Crippen LogP contribution in [0.15, 0.2) is 48.0 Å². The largest absolute Gasteiger partial charge is 0.445 e. The minimum Gasteiger partial charge on any atom is -0.445 e. The Kier molecular flexibility index (Phi) is 13.9. The van der Waals surface area contributed by atoms with E-state index in [0.29, 0.717) is 17.1 Å². The normalized spacial score (nSPS) is 13.7. The molecule has 1 aromatic heterocycles. The van der Waals surface area contributed by atoms with Crippen LogP contribution in [0, 0.1) is 0 Å². The lowest BCUT2D eigenvalue weighted by Crippen LogP contribution is -2.50. The van der Waals surface area contributed by atoms with Crippen LogP contribution in [-0.2, 0) is 36.9 Å². The monoisotopic (exact) mass is 646 g/mol. The number of ether oxygens (including phenoxy) is 2. The van der Waals surface area contributed by atoms with Crippen LogP contribution in [0.2, 0.25) is 0 Å². The number of hydrogen-bond acceptors (Lipinski definition) is 10. The second-order valence-electron chi connectivity index (χ2n) is 11.2.